The Hall–Kier alpha value is -2.11. The summed E-state index contributed by atoms with van der Waals surface area (Å²) in [7, 11) is 2.07. The molecule has 1 amide bonds. The largest absolute Gasteiger partial charge is 0.378 e. The van der Waals surface area contributed by atoms with Crippen molar-refractivity contribution < 1.29 is 9.53 Å². The Morgan fingerprint density at radius 2 is 2.04 bits per heavy atom. The molecule has 1 atom stereocenters. The molecule has 1 aromatic carbocycles. The quantitative estimate of drug-likeness (QED) is 0.717. The summed E-state index contributed by atoms with van der Waals surface area (Å²) in [5.74, 6) is 0.306. The molecular formula is C20H22N2O2S. The summed E-state index contributed by atoms with van der Waals surface area (Å²) >= 11 is 1.69. The van der Waals surface area contributed by atoms with E-state index < -0.39 is 0 Å². The Morgan fingerprint density at radius 3 is 2.80 bits per heavy atom. The number of benzene rings is 1. The molecule has 1 unspecified atom stereocenters. The summed E-state index contributed by atoms with van der Waals surface area (Å²) in [4.78, 5) is 14.8. The molecular weight excluding hydrogens is 332 g/mol. The fraction of sp³-hybridized carbons (Fsp3) is 0.350. The predicted octanol–water partition coefficient (Wildman–Crippen LogP) is 3.62. The molecule has 0 bridgehead atoms. The Balaban J connectivity index is 1.70. The molecule has 1 saturated heterocycles. The van der Waals surface area contributed by atoms with Crippen LogP contribution in [0.5, 0.6) is 0 Å². The van der Waals surface area contributed by atoms with Gasteiger partial charge in [-0.25, -0.2) is 0 Å². The van der Waals surface area contributed by atoms with Crippen molar-refractivity contribution in [2.45, 2.75) is 12.3 Å². The van der Waals surface area contributed by atoms with Crippen molar-refractivity contribution in [2.24, 2.45) is 7.05 Å². The van der Waals surface area contributed by atoms with Crippen LogP contribution in [-0.2, 0) is 16.6 Å². The lowest BCUT2D eigenvalue weighted by Gasteiger charge is -2.28. The maximum atomic E-state index is 12.9. The van der Waals surface area contributed by atoms with Crippen molar-refractivity contribution in [3.05, 3.63) is 58.4 Å². The monoisotopic (exact) mass is 354 g/mol. The van der Waals surface area contributed by atoms with Gasteiger partial charge in [-0.15, -0.1) is 0 Å². The van der Waals surface area contributed by atoms with Gasteiger partial charge in [0.2, 0.25) is 5.91 Å². The third kappa shape index (κ3) is 3.22. The van der Waals surface area contributed by atoms with E-state index in [1.165, 1.54) is 22.0 Å². The summed E-state index contributed by atoms with van der Waals surface area (Å²) in [5.41, 5.74) is 3.66. The molecule has 4 nitrogen and oxygen atoms in total. The molecule has 1 aliphatic rings. The minimum Gasteiger partial charge on any atom is -0.378 e. The normalized spacial score (nSPS) is 16.3. The number of aromatic nitrogens is 1. The Labute approximate surface area is 151 Å². The predicted molar refractivity (Wildman–Crippen MR) is 101 cm³/mol. The molecule has 1 fully saturated rings. The van der Waals surface area contributed by atoms with E-state index in [1.54, 1.807) is 11.3 Å². The van der Waals surface area contributed by atoms with Gasteiger partial charge in [-0.2, -0.15) is 11.3 Å². The molecule has 130 valence electrons. The number of carbonyl (C=O) groups excluding carboxylic acids is 1. The van der Waals surface area contributed by atoms with E-state index in [4.69, 9.17) is 4.74 Å². The summed E-state index contributed by atoms with van der Waals surface area (Å²) < 4.78 is 7.53. The molecule has 3 aromatic rings. The van der Waals surface area contributed by atoms with Crippen LogP contribution in [0.15, 0.2) is 47.3 Å². The highest BCUT2D eigenvalue weighted by molar-refractivity contribution is 7.08. The topological polar surface area (TPSA) is 34.5 Å². The van der Waals surface area contributed by atoms with Crippen molar-refractivity contribution in [1.29, 1.82) is 0 Å². The molecule has 0 radical (unpaired) electrons. The maximum Gasteiger partial charge on any atom is 0.223 e. The first-order chi connectivity index (χ1) is 12.2. The number of carbonyl (C=O) groups is 1. The lowest BCUT2D eigenvalue weighted by Crippen LogP contribution is -2.41. The Kier molecular flexibility index (Phi) is 4.59. The van der Waals surface area contributed by atoms with Gasteiger partial charge in [-0.05, 0) is 34.0 Å². The van der Waals surface area contributed by atoms with Gasteiger partial charge in [0.25, 0.3) is 0 Å². The lowest BCUT2D eigenvalue weighted by molar-refractivity contribution is -0.135. The van der Waals surface area contributed by atoms with E-state index in [-0.39, 0.29) is 11.8 Å². The van der Waals surface area contributed by atoms with Gasteiger partial charge in [0.1, 0.15) is 0 Å². The van der Waals surface area contributed by atoms with Gasteiger partial charge in [-0.3, -0.25) is 4.79 Å². The summed E-state index contributed by atoms with van der Waals surface area (Å²) in [6.07, 6.45) is 2.68. The van der Waals surface area contributed by atoms with E-state index in [0.717, 1.165) is 0 Å². The molecule has 0 N–H and O–H groups in total. The second-order valence-corrected chi connectivity index (χ2v) is 7.30. The highest BCUT2D eigenvalue weighted by Gasteiger charge is 2.26. The molecule has 4 rings (SSSR count). The summed E-state index contributed by atoms with van der Waals surface area (Å²) in [5, 5.41) is 5.49. The van der Waals surface area contributed by atoms with Crippen molar-refractivity contribution in [1.82, 2.24) is 9.47 Å². The number of amides is 1. The zero-order valence-electron chi connectivity index (χ0n) is 14.4. The van der Waals surface area contributed by atoms with Crippen LogP contribution in [0.25, 0.3) is 10.9 Å². The molecule has 0 spiro atoms. The second kappa shape index (κ2) is 7.02. The van der Waals surface area contributed by atoms with E-state index >= 15 is 0 Å². The zero-order valence-corrected chi connectivity index (χ0v) is 15.2. The third-order valence-electron chi connectivity index (χ3n) is 4.99. The van der Waals surface area contributed by atoms with Gasteiger partial charge in [0.15, 0.2) is 0 Å². The first-order valence-corrected chi connectivity index (χ1v) is 9.60. The number of para-hydroxylation sites is 1. The standard InChI is InChI=1S/C20H22N2O2S/c1-21-13-18(16-4-2-3-5-19(16)21)17(15-6-11-25-14-15)12-20(23)22-7-9-24-10-8-22/h2-6,11,13-14,17H,7-10,12H2,1H3. The number of hydrogen-bond donors (Lipinski definition) is 0. The average Bonchev–Trinajstić information content (AvgIpc) is 3.29. The molecule has 0 aliphatic carbocycles. The van der Waals surface area contributed by atoms with Gasteiger partial charge < -0.3 is 14.2 Å². The number of morpholine rings is 1. The van der Waals surface area contributed by atoms with Crippen LogP contribution in [0.3, 0.4) is 0 Å². The van der Waals surface area contributed by atoms with Crippen LogP contribution in [0.1, 0.15) is 23.5 Å². The van der Waals surface area contributed by atoms with Crippen molar-refractivity contribution in [3.8, 4) is 0 Å². The molecule has 5 heteroatoms. The van der Waals surface area contributed by atoms with Crippen LogP contribution in [-0.4, -0.2) is 41.7 Å². The Morgan fingerprint density at radius 1 is 1.24 bits per heavy atom. The maximum absolute atomic E-state index is 12.9. The first-order valence-electron chi connectivity index (χ1n) is 8.65. The van der Waals surface area contributed by atoms with Crippen molar-refractivity contribution >= 4 is 28.1 Å². The third-order valence-corrected chi connectivity index (χ3v) is 5.69. The number of aryl methyl sites for hydroxylation is 1. The average molecular weight is 354 g/mol. The number of hydrogen-bond acceptors (Lipinski definition) is 3. The number of rotatable bonds is 4. The molecule has 3 heterocycles. The highest BCUT2D eigenvalue weighted by atomic mass is 32.1. The van der Waals surface area contributed by atoms with Gasteiger partial charge in [0, 0.05) is 49.6 Å². The smallest absolute Gasteiger partial charge is 0.223 e. The summed E-state index contributed by atoms with van der Waals surface area (Å²) in [6.45, 7) is 2.68. The van der Waals surface area contributed by atoms with Gasteiger partial charge >= 0.3 is 0 Å². The number of ether oxygens (including phenoxy) is 1. The fourth-order valence-corrected chi connectivity index (χ4v) is 4.36. The number of thiophene rings is 1. The van der Waals surface area contributed by atoms with Crippen LogP contribution < -0.4 is 0 Å². The molecule has 25 heavy (non-hydrogen) atoms. The van der Waals surface area contributed by atoms with E-state index in [0.29, 0.717) is 32.7 Å². The Bertz CT molecular complexity index is 863. The second-order valence-electron chi connectivity index (χ2n) is 6.52. The van der Waals surface area contributed by atoms with Gasteiger partial charge in [0.05, 0.1) is 13.2 Å². The van der Waals surface area contributed by atoms with E-state index in [9.17, 15) is 4.79 Å². The highest BCUT2D eigenvalue weighted by Crippen LogP contribution is 2.35. The number of fused-ring (bicyclic) bond motifs is 1. The van der Waals surface area contributed by atoms with Crippen LogP contribution >= 0.6 is 11.3 Å². The van der Waals surface area contributed by atoms with E-state index in [1.807, 2.05) is 4.90 Å². The minimum atomic E-state index is 0.0905. The van der Waals surface area contributed by atoms with Crippen LogP contribution in [0.2, 0.25) is 0 Å². The van der Waals surface area contributed by atoms with Crippen molar-refractivity contribution in [2.75, 3.05) is 26.3 Å². The van der Waals surface area contributed by atoms with Crippen molar-refractivity contribution in [3.63, 3.8) is 0 Å². The molecule has 0 saturated carbocycles. The summed E-state index contributed by atoms with van der Waals surface area (Å²) in [6, 6.07) is 10.6. The minimum absolute atomic E-state index is 0.0905. The molecule has 1 aliphatic heterocycles. The van der Waals surface area contributed by atoms with Gasteiger partial charge in [-0.1, -0.05) is 18.2 Å². The van der Waals surface area contributed by atoms with Crippen LogP contribution in [0, 0.1) is 0 Å². The fourth-order valence-electron chi connectivity index (χ4n) is 3.65. The van der Waals surface area contributed by atoms with Crippen LogP contribution in [0.4, 0.5) is 0 Å². The zero-order chi connectivity index (χ0) is 17.2. The van der Waals surface area contributed by atoms with E-state index in [2.05, 4.69) is 58.9 Å². The lowest BCUT2D eigenvalue weighted by atomic mass is 9.89. The SMILES string of the molecule is Cn1cc(C(CC(=O)N2CCOCC2)c2ccsc2)c2ccccc21. The first kappa shape index (κ1) is 16.4. The number of nitrogens with zero attached hydrogens (tertiary/aromatic N) is 2. The molecule has 2 aromatic heterocycles.